The molecule has 0 bridgehead atoms. The number of hydrogen-bond acceptors (Lipinski definition) is 6. The smallest absolute Gasteiger partial charge is 0.408 e. The zero-order valence-electron chi connectivity index (χ0n) is 11.7. The number of oxazole rings is 1. The zero-order chi connectivity index (χ0) is 15.9. The molecule has 0 saturated heterocycles. The van der Waals surface area contributed by atoms with Gasteiger partial charge in [0.25, 0.3) is 10.0 Å². The van der Waals surface area contributed by atoms with Crippen molar-refractivity contribution in [2.75, 3.05) is 4.72 Å². The van der Waals surface area contributed by atoms with E-state index in [1.54, 1.807) is 19.9 Å². The Morgan fingerprint density at radius 3 is 2.50 bits per heavy atom. The summed E-state index contributed by atoms with van der Waals surface area (Å²) in [5, 5.41) is 0. The Bertz CT molecular complexity index is 1000. The van der Waals surface area contributed by atoms with E-state index in [4.69, 9.17) is 4.42 Å². The first-order valence-electron chi connectivity index (χ1n) is 6.31. The van der Waals surface area contributed by atoms with Crippen LogP contribution in [0.3, 0.4) is 0 Å². The molecule has 2 aromatic heterocycles. The molecule has 9 heteroatoms. The molecule has 0 aliphatic carbocycles. The van der Waals surface area contributed by atoms with E-state index in [2.05, 4.69) is 19.7 Å². The summed E-state index contributed by atoms with van der Waals surface area (Å²) in [4.78, 5) is 21.6. The van der Waals surface area contributed by atoms with Crippen LogP contribution in [0, 0.1) is 13.8 Å². The summed E-state index contributed by atoms with van der Waals surface area (Å²) in [6.07, 6.45) is 0. The Kier molecular flexibility index (Phi) is 3.21. The van der Waals surface area contributed by atoms with Gasteiger partial charge in [-0.05, 0) is 38.1 Å². The largest absolute Gasteiger partial charge is 0.417 e. The summed E-state index contributed by atoms with van der Waals surface area (Å²) in [6, 6.07) is 5.79. The maximum absolute atomic E-state index is 12.4. The lowest BCUT2D eigenvalue weighted by Gasteiger charge is -2.07. The maximum atomic E-state index is 12.4. The third kappa shape index (κ3) is 2.70. The molecule has 2 heterocycles. The summed E-state index contributed by atoms with van der Waals surface area (Å²) in [7, 11) is -3.87. The van der Waals surface area contributed by atoms with Crippen molar-refractivity contribution in [3.63, 3.8) is 0 Å². The monoisotopic (exact) mass is 320 g/mol. The molecule has 0 unspecified atom stereocenters. The fourth-order valence-electron chi connectivity index (χ4n) is 2.05. The third-order valence-electron chi connectivity index (χ3n) is 2.91. The van der Waals surface area contributed by atoms with Gasteiger partial charge in [-0.3, -0.25) is 4.98 Å². The number of aromatic nitrogens is 3. The van der Waals surface area contributed by atoms with Gasteiger partial charge in [-0.1, -0.05) is 0 Å². The Hall–Kier alpha value is -2.68. The molecule has 2 N–H and O–H groups in total. The summed E-state index contributed by atoms with van der Waals surface area (Å²) in [5.74, 6) is -0.645. The van der Waals surface area contributed by atoms with Crippen molar-refractivity contribution >= 4 is 27.1 Å². The van der Waals surface area contributed by atoms with Gasteiger partial charge >= 0.3 is 5.76 Å². The van der Waals surface area contributed by atoms with Crippen molar-refractivity contribution in [3.8, 4) is 0 Å². The Morgan fingerprint density at radius 2 is 1.82 bits per heavy atom. The number of aryl methyl sites for hydroxylation is 2. The zero-order valence-corrected chi connectivity index (χ0v) is 12.6. The molecular weight excluding hydrogens is 308 g/mol. The number of benzene rings is 1. The van der Waals surface area contributed by atoms with Crippen LogP contribution in [0.5, 0.6) is 0 Å². The highest BCUT2D eigenvalue weighted by atomic mass is 32.2. The van der Waals surface area contributed by atoms with Crippen LogP contribution >= 0.6 is 0 Å². The van der Waals surface area contributed by atoms with E-state index in [1.165, 1.54) is 18.2 Å². The lowest BCUT2D eigenvalue weighted by atomic mass is 10.3. The van der Waals surface area contributed by atoms with Gasteiger partial charge in [-0.2, -0.15) is 0 Å². The summed E-state index contributed by atoms with van der Waals surface area (Å²) < 4.78 is 31.9. The second-order valence-electron chi connectivity index (χ2n) is 4.75. The average molecular weight is 320 g/mol. The van der Waals surface area contributed by atoms with Gasteiger partial charge in [0.2, 0.25) is 5.95 Å². The molecule has 0 spiro atoms. The number of fused-ring (bicyclic) bond motifs is 1. The molecule has 3 rings (SSSR count). The van der Waals surface area contributed by atoms with Crippen LogP contribution in [0.2, 0.25) is 0 Å². The lowest BCUT2D eigenvalue weighted by Crippen LogP contribution is -2.15. The van der Waals surface area contributed by atoms with Crippen molar-refractivity contribution in [1.82, 2.24) is 15.0 Å². The fraction of sp³-hybridized carbons (Fsp3) is 0.154. The van der Waals surface area contributed by atoms with Crippen molar-refractivity contribution in [1.29, 1.82) is 0 Å². The van der Waals surface area contributed by atoms with Crippen LogP contribution in [0.15, 0.2) is 38.4 Å². The second-order valence-corrected chi connectivity index (χ2v) is 6.43. The second kappa shape index (κ2) is 4.95. The summed E-state index contributed by atoms with van der Waals surface area (Å²) in [6.45, 7) is 3.49. The van der Waals surface area contributed by atoms with E-state index in [-0.39, 0.29) is 16.4 Å². The molecule has 0 aliphatic rings. The lowest BCUT2D eigenvalue weighted by molar-refractivity contribution is 0.555. The fourth-order valence-corrected chi connectivity index (χ4v) is 3.02. The Labute approximate surface area is 125 Å². The minimum atomic E-state index is -3.87. The maximum Gasteiger partial charge on any atom is 0.417 e. The Balaban J connectivity index is 2.01. The molecule has 22 heavy (non-hydrogen) atoms. The van der Waals surface area contributed by atoms with Crippen LogP contribution < -0.4 is 10.5 Å². The minimum absolute atomic E-state index is 0.00159. The molecular formula is C13H12N4O4S. The van der Waals surface area contributed by atoms with E-state index in [0.29, 0.717) is 16.9 Å². The molecule has 0 fully saturated rings. The number of aromatic amines is 1. The number of H-pyrrole nitrogens is 1. The van der Waals surface area contributed by atoms with Gasteiger partial charge < -0.3 is 4.42 Å². The summed E-state index contributed by atoms with van der Waals surface area (Å²) >= 11 is 0. The molecule has 0 amide bonds. The topological polar surface area (TPSA) is 118 Å². The molecule has 0 radical (unpaired) electrons. The molecule has 8 nitrogen and oxygen atoms in total. The molecule has 1 aromatic carbocycles. The van der Waals surface area contributed by atoms with E-state index in [1.807, 2.05) is 0 Å². The quantitative estimate of drug-likeness (QED) is 0.751. The van der Waals surface area contributed by atoms with Gasteiger partial charge in [0.15, 0.2) is 5.58 Å². The van der Waals surface area contributed by atoms with Crippen LogP contribution in [0.25, 0.3) is 11.1 Å². The van der Waals surface area contributed by atoms with Crippen LogP contribution in [0.4, 0.5) is 5.95 Å². The van der Waals surface area contributed by atoms with Crippen molar-refractivity contribution in [3.05, 3.63) is 46.2 Å². The molecule has 0 saturated carbocycles. The number of hydrogen-bond donors (Lipinski definition) is 2. The van der Waals surface area contributed by atoms with Crippen molar-refractivity contribution in [2.24, 2.45) is 0 Å². The van der Waals surface area contributed by atoms with Crippen LogP contribution in [0.1, 0.15) is 11.4 Å². The van der Waals surface area contributed by atoms with Gasteiger partial charge in [-0.25, -0.2) is 27.9 Å². The van der Waals surface area contributed by atoms with Crippen molar-refractivity contribution in [2.45, 2.75) is 18.7 Å². The van der Waals surface area contributed by atoms with E-state index in [0.717, 1.165) is 0 Å². The predicted molar refractivity (Wildman–Crippen MR) is 79.1 cm³/mol. The summed E-state index contributed by atoms with van der Waals surface area (Å²) in [5.41, 5.74) is 1.89. The molecule has 3 aromatic rings. The van der Waals surface area contributed by atoms with E-state index in [9.17, 15) is 13.2 Å². The van der Waals surface area contributed by atoms with Gasteiger partial charge in [0, 0.05) is 11.4 Å². The van der Waals surface area contributed by atoms with E-state index >= 15 is 0 Å². The number of sulfonamides is 1. The minimum Gasteiger partial charge on any atom is -0.408 e. The van der Waals surface area contributed by atoms with Gasteiger partial charge in [0.1, 0.15) is 0 Å². The number of rotatable bonds is 3. The van der Waals surface area contributed by atoms with Gasteiger partial charge in [-0.15, -0.1) is 0 Å². The highest BCUT2D eigenvalue weighted by Gasteiger charge is 2.17. The van der Waals surface area contributed by atoms with Crippen molar-refractivity contribution < 1.29 is 12.8 Å². The van der Waals surface area contributed by atoms with Crippen LogP contribution in [-0.2, 0) is 10.0 Å². The van der Waals surface area contributed by atoms with Gasteiger partial charge in [0.05, 0.1) is 10.4 Å². The highest BCUT2D eigenvalue weighted by molar-refractivity contribution is 7.92. The highest BCUT2D eigenvalue weighted by Crippen LogP contribution is 2.18. The first-order chi connectivity index (χ1) is 10.3. The Morgan fingerprint density at radius 1 is 1.14 bits per heavy atom. The number of nitrogens with one attached hydrogen (secondary N) is 2. The first kappa shape index (κ1) is 14.3. The van der Waals surface area contributed by atoms with Crippen LogP contribution in [-0.4, -0.2) is 23.4 Å². The predicted octanol–water partition coefficient (Wildman–Crippen LogP) is 1.33. The third-order valence-corrected chi connectivity index (χ3v) is 4.23. The number of anilines is 1. The van der Waals surface area contributed by atoms with E-state index < -0.39 is 15.8 Å². The number of nitrogens with zero attached hydrogens (tertiary/aromatic N) is 2. The first-order valence-corrected chi connectivity index (χ1v) is 7.80. The molecule has 0 aliphatic heterocycles. The standard InChI is InChI=1S/C13H12N4O4S/c1-7-5-8(2)15-12(14-7)17-22(19,20)9-3-4-11-10(6-9)16-13(18)21-11/h3-6H,1-2H3,(H,16,18)(H,14,15,17). The SMILES string of the molecule is Cc1cc(C)nc(NS(=O)(=O)c2ccc3oc(=O)[nH]c3c2)n1. The molecule has 114 valence electrons. The molecule has 0 atom stereocenters. The average Bonchev–Trinajstić information content (AvgIpc) is 2.75. The normalized spacial score (nSPS) is 11.7.